The quantitative estimate of drug-likeness (QED) is 0.376. The Morgan fingerprint density at radius 3 is 2.58 bits per heavy atom. The van der Waals surface area contributed by atoms with Gasteiger partial charge in [-0.3, -0.25) is 4.57 Å². The van der Waals surface area contributed by atoms with Crippen molar-refractivity contribution < 1.29 is 27.4 Å². The van der Waals surface area contributed by atoms with Crippen molar-refractivity contribution in [3.63, 3.8) is 0 Å². The molecule has 0 unspecified atom stereocenters. The van der Waals surface area contributed by atoms with Gasteiger partial charge in [-0.1, -0.05) is 6.07 Å². The lowest BCUT2D eigenvalue weighted by Crippen LogP contribution is -2.24. The Morgan fingerprint density at radius 2 is 1.88 bits per heavy atom. The summed E-state index contributed by atoms with van der Waals surface area (Å²) < 4.78 is 54.6. The molecule has 0 atom stereocenters. The molecule has 2 aromatic heterocycles. The number of rotatable bonds is 7. The summed E-state index contributed by atoms with van der Waals surface area (Å²) in [6.45, 7) is 1.42. The number of hydrogen-bond donors (Lipinski definition) is 0. The van der Waals surface area contributed by atoms with E-state index in [2.05, 4.69) is 10.1 Å². The molecular formula is C21H15F3N4O4S. The van der Waals surface area contributed by atoms with Crippen LogP contribution in [0.3, 0.4) is 0 Å². The topological polar surface area (TPSA) is 88.2 Å². The van der Waals surface area contributed by atoms with Gasteiger partial charge in [0.15, 0.2) is 16.4 Å². The van der Waals surface area contributed by atoms with Crippen molar-refractivity contribution in [2.75, 3.05) is 6.61 Å². The molecule has 4 aromatic rings. The van der Waals surface area contributed by atoms with E-state index in [1.807, 2.05) is 0 Å². The summed E-state index contributed by atoms with van der Waals surface area (Å²) in [4.78, 5) is 28.6. The molecule has 0 fully saturated rings. The van der Waals surface area contributed by atoms with Crippen molar-refractivity contribution >= 4 is 17.3 Å². The van der Waals surface area contributed by atoms with Crippen molar-refractivity contribution in [1.29, 1.82) is 0 Å². The Morgan fingerprint density at radius 1 is 1.12 bits per heavy atom. The highest BCUT2D eigenvalue weighted by atomic mass is 32.1. The first-order chi connectivity index (χ1) is 15.9. The number of hydrogen-bond acceptors (Lipinski definition) is 7. The van der Waals surface area contributed by atoms with Crippen LogP contribution in [0.4, 0.5) is 13.2 Å². The summed E-state index contributed by atoms with van der Waals surface area (Å²) >= 11 is 0.985. The SMILES string of the molecule is CCOC(=O)c1scnc1Oc1ccc(-n2ncn(Cc3c(F)cccc3F)c2=O)cc1F. The van der Waals surface area contributed by atoms with E-state index in [-0.39, 0.29) is 40.9 Å². The minimum absolute atomic E-state index is 0.0569. The molecule has 0 bridgehead atoms. The first-order valence-corrected chi connectivity index (χ1v) is 10.4. The molecule has 0 aliphatic heterocycles. The highest BCUT2D eigenvalue weighted by Gasteiger charge is 2.20. The van der Waals surface area contributed by atoms with Crippen molar-refractivity contribution in [1.82, 2.24) is 19.3 Å². The lowest BCUT2D eigenvalue weighted by molar-refractivity contribution is 0.0529. The molecule has 8 nitrogen and oxygen atoms in total. The minimum atomic E-state index is -0.850. The molecule has 0 saturated carbocycles. The van der Waals surface area contributed by atoms with Crippen LogP contribution in [-0.4, -0.2) is 31.9 Å². The number of nitrogens with zero attached hydrogens (tertiary/aromatic N) is 4. The minimum Gasteiger partial charge on any atom is -0.462 e. The number of carbonyl (C=O) groups excluding carboxylic acids is 1. The lowest BCUT2D eigenvalue weighted by atomic mass is 10.2. The molecular weight excluding hydrogens is 461 g/mol. The van der Waals surface area contributed by atoms with E-state index in [9.17, 15) is 22.8 Å². The van der Waals surface area contributed by atoms with Gasteiger partial charge in [0.05, 0.1) is 24.3 Å². The zero-order valence-corrected chi connectivity index (χ0v) is 17.8. The number of aromatic nitrogens is 4. The van der Waals surface area contributed by atoms with E-state index in [0.29, 0.717) is 0 Å². The first-order valence-electron chi connectivity index (χ1n) is 9.54. The Kier molecular flexibility index (Phi) is 6.27. The Bertz CT molecular complexity index is 1360. The number of ether oxygens (including phenoxy) is 2. The summed E-state index contributed by atoms with van der Waals surface area (Å²) in [6, 6.07) is 6.97. The van der Waals surface area contributed by atoms with Crippen molar-refractivity contribution in [3.8, 4) is 17.3 Å². The monoisotopic (exact) mass is 476 g/mol. The van der Waals surface area contributed by atoms with Crippen LogP contribution in [0.2, 0.25) is 0 Å². The van der Waals surface area contributed by atoms with E-state index >= 15 is 0 Å². The molecule has 170 valence electrons. The summed E-state index contributed by atoms with van der Waals surface area (Å²) in [5, 5.41) is 3.89. The molecule has 0 amide bonds. The molecule has 0 spiro atoms. The van der Waals surface area contributed by atoms with Gasteiger partial charge in [-0.05, 0) is 31.2 Å². The van der Waals surface area contributed by atoms with Crippen LogP contribution in [0.15, 0.2) is 53.0 Å². The van der Waals surface area contributed by atoms with Crippen LogP contribution in [0.25, 0.3) is 5.69 Å². The third-order valence-corrected chi connectivity index (χ3v) is 5.27. The fraction of sp³-hybridized carbons (Fsp3) is 0.143. The normalized spacial score (nSPS) is 10.9. The van der Waals surface area contributed by atoms with E-state index in [4.69, 9.17) is 9.47 Å². The highest BCUT2D eigenvalue weighted by molar-refractivity contribution is 7.12. The third kappa shape index (κ3) is 4.51. The molecule has 0 aliphatic rings. The average molecular weight is 476 g/mol. The Hall–Kier alpha value is -3.93. The van der Waals surface area contributed by atoms with Crippen molar-refractivity contribution in [2.24, 2.45) is 0 Å². The fourth-order valence-corrected chi connectivity index (χ4v) is 3.53. The van der Waals surface area contributed by atoms with E-state index in [0.717, 1.165) is 45.1 Å². The second-order valence-corrected chi connectivity index (χ2v) is 7.43. The Balaban J connectivity index is 1.58. The van der Waals surface area contributed by atoms with Crippen molar-refractivity contribution in [2.45, 2.75) is 13.5 Å². The molecule has 0 aliphatic carbocycles. The second kappa shape index (κ2) is 9.28. The van der Waals surface area contributed by atoms with E-state index in [1.165, 1.54) is 23.7 Å². The van der Waals surface area contributed by atoms with Gasteiger partial charge in [0.25, 0.3) is 0 Å². The van der Waals surface area contributed by atoms with Gasteiger partial charge in [0.1, 0.15) is 18.0 Å². The van der Waals surface area contributed by atoms with E-state index in [1.54, 1.807) is 6.92 Å². The number of esters is 1. The average Bonchev–Trinajstić information content (AvgIpc) is 3.39. The van der Waals surface area contributed by atoms with Gasteiger partial charge >= 0.3 is 11.7 Å². The van der Waals surface area contributed by atoms with Gasteiger partial charge < -0.3 is 9.47 Å². The van der Waals surface area contributed by atoms with Crippen LogP contribution in [0.5, 0.6) is 11.6 Å². The standard InChI is InChI=1S/C21H15F3N4O4S/c1-2-31-20(29)18-19(25-11-33-18)32-17-7-6-12(8-16(17)24)28-21(30)27(10-26-28)9-13-14(22)4-3-5-15(13)23/h3-8,10-11H,2,9H2,1H3. The van der Waals surface area contributed by atoms with Gasteiger partial charge in [0, 0.05) is 11.6 Å². The van der Waals surface area contributed by atoms with Crippen LogP contribution in [-0.2, 0) is 11.3 Å². The molecule has 2 aromatic carbocycles. The predicted octanol–water partition coefficient (Wildman–Crippen LogP) is 3.93. The molecule has 12 heteroatoms. The van der Waals surface area contributed by atoms with Crippen molar-refractivity contribution in [3.05, 3.63) is 86.6 Å². The van der Waals surface area contributed by atoms with Crippen LogP contribution < -0.4 is 10.4 Å². The summed E-state index contributed by atoms with van der Waals surface area (Å²) in [5.74, 6) is -3.44. The molecule has 0 N–H and O–H groups in total. The molecule has 0 radical (unpaired) electrons. The smallest absolute Gasteiger partial charge is 0.353 e. The maximum atomic E-state index is 14.7. The second-order valence-electron chi connectivity index (χ2n) is 6.58. The summed E-state index contributed by atoms with van der Waals surface area (Å²) in [6.07, 6.45) is 1.09. The summed E-state index contributed by atoms with van der Waals surface area (Å²) in [7, 11) is 0. The first kappa shape index (κ1) is 22.3. The molecule has 2 heterocycles. The van der Waals surface area contributed by atoms with Crippen LogP contribution in [0.1, 0.15) is 22.2 Å². The van der Waals surface area contributed by atoms with Crippen LogP contribution in [0, 0.1) is 17.5 Å². The molecule has 4 rings (SSSR count). The number of halogens is 3. The number of thiazole rings is 1. The van der Waals surface area contributed by atoms with Gasteiger partial charge in [0.2, 0.25) is 5.88 Å². The van der Waals surface area contributed by atoms with E-state index < -0.39 is 29.1 Å². The third-order valence-electron chi connectivity index (χ3n) is 4.49. The van der Waals surface area contributed by atoms with Gasteiger partial charge in [-0.25, -0.2) is 27.7 Å². The lowest BCUT2D eigenvalue weighted by Gasteiger charge is -2.08. The zero-order valence-electron chi connectivity index (χ0n) is 17.0. The molecule has 0 saturated heterocycles. The van der Waals surface area contributed by atoms with Gasteiger partial charge in [-0.15, -0.1) is 11.3 Å². The summed E-state index contributed by atoms with van der Waals surface area (Å²) in [5.41, 5.74) is 0.393. The van der Waals surface area contributed by atoms with Gasteiger partial charge in [-0.2, -0.15) is 9.78 Å². The largest absolute Gasteiger partial charge is 0.462 e. The Labute approximate surface area is 188 Å². The number of benzene rings is 2. The zero-order chi connectivity index (χ0) is 23.5. The van der Waals surface area contributed by atoms with Crippen LogP contribution >= 0.6 is 11.3 Å². The maximum Gasteiger partial charge on any atom is 0.353 e. The fourth-order valence-electron chi connectivity index (χ4n) is 2.92. The number of carbonyl (C=O) groups is 1. The predicted molar refractivity (Wildman–Crippen MR) is 111 cm³/mol. The highest BCUT2D eigenvalue weighted by Crippen LogP contribution is 2.30. The molecule has 33 heavy (non-hydrogen) atoms. The maximum absolute atomic E-state index is 14.7.